The van der Waals surface area contributed by atoms with Crippen molar-refractivity contribution in [2.45, 2.75) is 39.2 Å². The van der Waals surface area contributed by atoms with Gasteiger partial charge in [-0.05, 0) is 38.8 Å². The molecule has 1 saturated heterocycles. The molecular formula is C15H22N4O2. The molecule has 0 spiro atoms. The van der Waals surface area contributed by atoms with E-state index in [0.29, 0.717) is 25.9 Å². The predicted octanol–water partition coefficient (Wildman–Crippen LogP) is 1.91. The fourth-order valence-electron chi connectivity index (χ4n) is 2.28. The number of hydrogen-bond donors (Lipinski definition) is 2. The van der Waals surface area contributed by atoms with E-state index in [2.05, 4.69) is 15.6 Å². The molecule has 0 radical (unpaired) electrons. The number of rotatable bonds is 6. The number of imide groups is 1. The minimum atomic E-state index is -0.747. The monoisotopic (exact) mass is 290 g/mol. The van der Waals surface area contributed by atoms with Crippen LogP contribution in [0.1, 0.15) is 32.4 Å². The summed E-state index contributed by atoms with van der Waals surface area (Å²) in [5.74, 6) is 0.675. The van der Waals surface area contributed by atoms with Gasteiger partial charge in [0.15, 0.2) is 0 Å². The molecule has 2 heterocycles. The minimum absolute atomic E-state index is 0.135. The van der Waals surface area contributed by atoms with Crippen LogP contribution in [0.4, 0.5) is 10.6 Å². The molecule has 1 aromatic heterocycles. The molecule has 0 aliphatic carbocycles. The van der Waals surface area contributed by atoms with E-state index >= 15 is 0 Å². The number of hydrogen-bond acceptors (Lipinski definition) is 4. The topological polar surface area (TPSA) is 74.3 Å². The Morgan fingerprint density at radius 2 is 2.14 bits per heavy atom. The molecule has 3 amide bonds. The first-order valence-electron chi connectivity index (χ1n) is 7.28. The average molecular weight is 290 g/mol. The van der Waals surface area contributed by atoms with Crippen molar-refractivity contribution in [2.75, 3.05) is 18.4 Å². The molecule has 2 rings (SSSR count). The maximum atomic E-state index is 12.2. The number of amides is 3. The number of aromatic nitrogens is 1. The summed E-state index contributed by atoms with van der Waals surface area (Å²) in [7, 11) is 0. The summed E-state index contributed by atoms with van der Waals surface area (Å²) in [4.78, 5) is 29.7. The van der Waals surface area contributed by atoms with Crippen LogP contribution >= 0.6 is 0 Å². The number of nitrogens with one attached hydrogen (secondary N) is 2. The molecule has 1 aromatic rings. The summed E-state index contributed by atoms with van der Waals surface area (Å²) in [6.45, 7) is 6.67. The Balaban J connectivity index is 1.81. The first-order valence-corrected chi connectivity index (χ1v) is 7.28. The fourth-order valence-corrected chi connectivity index (χ4v) is 2.28. The third-order valence-electron chi connectivity index (χ3n) is 3.81. The largest absolute Gasteiger partial charge is 0.370 e. The van der Waals surface area contributed by atoms with Gasteiger partial charge in [0.05, 0.1) is 0 Å². The molecule has 6 nitrogen and oxygen atoms in total. The van der Waals surface area contributed by atoms with Gasteiger partial charge in [-0.3, -0.25) is 9.69 Å². The van der Waals surface area contributed by atoms with Gasteiger partial charge in [0, 0.05) is 18.8 Å². The number of urea groups is 1. The van der Waals surface area contributed by atoms with E-state index in [-0.39, 0.29) is 11.9 Å². The summed E-state index contributed by atoms with van der Waals surface area (Å²) < 4.78 is 0. The van der Waals surface area contributed by atoms with E-state index in [1.54, 1.807) is 6.92 Å². The number of carbonyl (C=O) groups is 2. The van der Waals surface area contributed by atoms with Crippen LogP contribution in [0.25, 0.3) is 0 Å². The van der Waals surface area contributed by atoms with E-state index in [1.165, 1.54) is 4.90 Å². The Hall–Kier alpha value is -2.11. The van der Waals surface area contributed by atoms with Gasteiger partial charge in [0.1, 0.15) is 11.4 Å². The van der Waals surface area contributed by atoms with Gasteiger partial charge >= 0.3 is 6.03 Å². The van der Waals surface area contributed by atoms with Crippen molar-refractivity contribution in [3.63, 3.8) is 0 Å². The highest BCUT2D eigenvalue weighted by molar-refractivity contribution is 6.06. The van der Waals surface area contributed by atoms with Gasteiger partial charge in [0.2, 0.25) is 0 Å². The molecule has 6 heteroatoms. The first kappa shape index (κ1) is 15.3. The Kier molecular flexibility index (Phi) is 4.45. The van der Waals surface area contributed by atoms with Gasteiger partial charge in [-0.25, -0.2) is 9.78 Å². The SMILES string of the molecule is CC[C@]1(C)NC(=O)N(CCCNc2cccc(C)n2)C1=O. The summed E-state index contributed by atoms with van der Waals surface area (Å²) in [6, 6.07) is 5.48. The third-order valence-corrected chi connectivity index (χ3v) is 3.81. The van der Waals surface area contributed by atoms with Crippen molar-refractivity contribution in [3.8, 4) is 0 Å². The van der Waals surface area contributed by atoms with Crippen molar-refractivity contribution in [2.24, 2.45) is 0 Å². The number of carbonyl (C=O) groups excluding carboxylic acids is 2. The van der Waals surface area contributed by atoms with Gasteiger partial charge in [-0.1, -0.05) is 13.0 Å². The highest BCUT2D eigenvalue weighted by Gasteiger charge is 2.45. The van der Waals surface area contributed by atoms with Crippen LogP contribution in [0.15, 0.2) is 18.2 Å². The highest BCUT2D eigenvalue weighted by Crippen LogP contribution is 2.20. The van der Waals surface area contributed by atoms with Crippen LogP contribution in [-0.4, -0.2) is 40.5 Å². The van der Waals surface area contributed by atoms with E-state index < -0.39 is 5.54 Å². The third kappa shape index (κ3) is 3.32. The van der Waals surface area contributed by atoms with Crippen molar-refractivity contribution in [1.82, 2.24) is 15.2 Å². The van der Waals surface area contributed by atoms with Crippen LogP contribution in [-0.2, 0) is 4.79 Å². The van der Waals surface area contributed by atoms with Gasteiger partial charge in [0.25, 0.3) is 5.91 Å². The highest BCUT2D eigenvalue weighted by atomic mass is 16.2. The fraction of sp³-hybridized carbons (Fsp3) is 0.533. The molecule has 1 aliphatic rings. The number of nitrogens with zero attached hydrogens (tertiary/aromatic N) is 2. The smallest absolute Gasteiger partial charge is 0.325 e. The van der Waals surface area contributed by atoms with Crippen molar-refractivity contribution >= 4 is 17.8 Å². The van der Waals surface area contributed by atoms with Gasteiger partial charge in [-0.15, -0.1) is 0 Å². The van der Waals surface area contributed by atoms with Gasteiger partial charge in [-0.2, -0.15) is 0 Å². The Labute approximate surface area is 124 Å². The quantitative estimate of drug-likeness (QED) is 0.620. The van der Waals surface area contributed by atoms with Crippen molar-refractivity contribution in [3.05, 3.63) is 23.9 Å². The van der Waals surface area contributed by atoms with E-state index in [1.807, 2.05) is 32.0 Å². The van der Waals surface area contributed by atoms with Crippen molar-refractivity contribution < 1.29 is 9.59 Å². The normalized spacial score (nSPS) is 21.6. The van der Waals surface area contributed by atoms with Crippen LogP contribution in [0.2, 0.25) is 0 Å². The second-order valence-electron chi connectivity index (χ2n) is 5.52. The molecule has 2 N–H and O–H groups in total. The Bertz CT molecular complexity index is 546. The molecule has 1 atom stereocenters. The molecule has 0 bridgehead atoms. The summed E-state index contributed by atoms with van der Waals surface area (Å²) in [5, 5.41) is 5.94. The summed E-state index contributed by atoms with van der Waals surface area (Å²) in [6.07, 6.45) is 1.29. The van der Waals surface area contributed by atoms with E-state index in [4.69, 9.17) is 0 Å². The maximum absolute atomic E-state index is 12.2. The predicted molar refractivity (Wildman–Crippen MR) is 81.0 cm³/mol. The summed E-state index contributed by atoms with van der Waals surface area (Å²) in [5.41, 5.74) is 0.204. The summed E-state index contributed by atoms with van der Waals surface area (Å²) >= 11 is 0. The molecule has 0 unspecified atom stereocenters. The molecule has 114 valence electrons. The average Bonchev–Trinajstić information content (AvgIpc) is 2.67. The standard InChI is InChI=1S/C15H22N4O2/c1-4-15(3)13(20)19(14(21)18-15)10-6-9-16-12-8-5-7-11(2)17-12/h5,7-8H,4,6,9-10H2,1-3H3,(H,16,17)(H,18,21)/t15-/m0/s1. The first-order chi connectivity index (χ1) is 9.96. The minimum Gasteiger partial charge on any atom is -0.370 e. The number of anilines is 1. The molecule has 1 aliphatic heterocycles. The Morgan fingerprint density at radius 1 is 1.38 bits per heavy atom. The van der Waals surface area contributed by atoms with E-state index in [9.17, 15) is 9.59 Å². The lowest BCUT2D eigenvalue weighted by Crippen LogP contribution is -2.43. The molecule has 0 aromatic carbocycles. The zero-order chi connectivity index (χ0) is 15.5. The van der Waals surface area contributed by atoms with E-state index in [0.717, 1.165) is 11.5 Å². The van der Waals surface area contributed by atoms with Crippen LogP contribution in [0.5, 0.6) is 0 Å². The Morgan fingerprint density at radius 3 is 2.76 bits per heavy atom. The lowest BCUT2D eigenvalue weighted by atomic mass is 9.99. The van der Waals surface area contributed by atoms with Crippen molar-refractivity contribution in [1.29, 1.82) is 0 Å². The molecule has 0 saturated carbocycles. The van der Waals surface area contributed by atoms with Gasteiger partial charge < -0.3 is 10.6 Å². The number of pyridine rings is 1. The second-order valence-corrected chi connectivity index (χ2v) is 5.52. The molecule has 21 heavy (non-hydrogen) atoms. The second kappa shape index (κ2) is 6.11. The van der Waals surface area contributed by atoms with Crippen LogP contribution < -0.4 is 10.6 Å². The van der Waals surface area contributed by atoms with Crippen LogP contribution in [0, 0.1) is 6.92 Å². The number of aryl methyl sites for hydroxylation is 1. The molecule has 1 fully saturated rings. The zero-order valence-corrected chi connectivity index (χ0v) is 12.8. The lowest BCUT2D eigenvalue weighted by molar-refractivity contribution is -0.130. The van der Waals surface area contributed by atoms with Crippen LogP contribution in [0.3, 0.4) is 0 Å². The lowest BCUT2D eigenvalue weighted by Gasteiger charge is -2.19. The molecular weight excluding hydrogens is 268 g/mol. The zero-order valence-electron chi connectivity index (χ0n) is 12.8. The maximum Gasteiger partial charge on any atom is 0.325 e.